The number of nitrogens with one attached hydrogen (secondary N) is 1. The van der Waals surface area contributed by atoms with Crippen LogP contribution in [-0.2, 0) is 13.0 Å². The van der Waals surface area contributed by atoms with Crippen LogP contribution in [0.2, 0.25) is 0 Å². The van der Waals surface area contributed by atoms with Gasteiger partial charge >= 0.3 is 0 Å². The van der Waals surface area contributed by atoms with Crippen molar-refractivity contribution in [2.45, 2.75) is 26.3 Å². The summed E-state index contributed by atoms with van der Waals surface area (Å²) in [7, 11) is 1.84. The highest BCUT2D eigenvalue weighted by atomic mass is 19.1. The quantitative estimate of drug-likeness (QED) is 0.674. The van der Waals surface area contributed by atoms with E-state index in [1.807, 2.05) is 38.3 Å². The molecular weight excluding hydrogens is 317 g/mol. The third kappa shape index (κ3) is 4.01. The van der Waals surface area contributed by atoms with E-state index >= 15 is 0 Å². The summed E-state index contributed by atoms with van der Waals surface area (Å²) in [4.78, 5) is 6.81. The number of rotatable bonds is 4. The molecule has 0 radical (unpaired) electrons. The zero-order valence-electron chi connectivity index (χ0n) is 14.6. The number of halogens is 1. The van der Waals surface area contributed by atoms with Gasteiger partial charge < -0.3 is 14.6 Å². The molecule has 0 spiro atoms. The van der Waals surface area contributed by atoms with Gasteiger partial charge in [0, 0.05) is 25.7 Å². The predicted octanol–water partition coefficient (Wildman–Crippen LogP) is 4.06. The molecule has 1 aromatic carbocycles. The molecule has 4 nitrogen and oxygen atoms in total. The molecule has 0 aliphatic carbocycles. The zero-order chi connectivity index (χ0) is 17.6. The Kier molecular flexibility index (Phi) is 5.36. The molecule has 0 saturated heterocycles. The largest absolute Gasteiger partial charge is 0.440 e. The second kappa shape index (κ2) is 7.86. The van der Waals surface area contributed by atoms with Crippen LogP contribution < -0.4 is 10.2 Å². The number of hydrogen-bond acceptors (Lipinski definition) is 4. The summed E-state index contributed by atoms with van der Waals surface area (Å²) in [5, 5.41) is 3.11. The van der Waals surface area contributed by atoms with Gasteiger partial charge in [-0.1, -0.05) is 6.07 Å². The minimum atomic E-state index is -0.223. The smallest absolute Gasteiger partial charge is 0.243 e. The van der Waals surface area contributed by atoms with Crippen LogP contribution in [0.1, 0.15) is 30.7 Å². The summed E-state index contributed by atoms with van der Waals surface area (Å²) in [5.41, 5.74) is 5.60. The van der Waals surface area contributed by atoms with E-state index in [0.29, 0.717) is 12.4 Å². The molecule has 1 aliphatic heterocycles. The fraction of sp³-hybridized carbons (Fsp3) is 0.300. The SMILES string of the molecule is CC=C=C/C=C(\NC)c1nc2c(o1)CCCN(c1cccc(F)c1)C2. The fourth-order valence-electron chi connectivity index (χ4n) is 2.89. The van der Waals surface area contributed by atoms with Crippen LogP contribution >= 0.6 is 0 Å². The lowest BCUT2D eigenvalue weighted by molar-refractivity contribution is 0.484. The lowest BCUT2D eigenvalue weighted by Crippen LogP contribution is -2.22. The van der Waals surface area contributed by atoms with Crippen LogP contribution in [0, 0.1) is 5.82 Å². The lowest BCUT2D eigenvalue weighted by Gasteiger charge is -2.22. The number of benzene rings is 1. The van der Waals surface area contributed by atoms with E-state index in [1.54, 1.807) is 12.1 Å². The maximum atomic E-state index is 13.5. The van der Waals surface area contributed by atoms with Gasteiger partial charge in [-0.05, 0) is 49.8 Å². The van der Waals surface area contributed by atoms with E-state index in [9.17, 15) is 4.39 Å². The number of aryl methyl sites for hydroxylation is 1. The van der Waals surface area contributed by atoms with E-state index < -0.39 is 0 Å². The minimum Gasteiger partial charge on any atom is -0.440 e. The van der Waals surface area contributed by atoms with Gasteiger partial charge in [0.05, 0.1) is 12.2 Å². The second-order valence-corrected chi connectivity index (χ2v) is 5.85. The molecule has 0 bridgehead atoms. The first kappa shape index (κ1) is 17.1. The number of oxazole rings is 1. The monoisotopic (exact) mass is 339 g/mol. The molecule has 0 amide bonds. The van der Waals surface area contributed by atoms with Gasteiger partial charge in [-0.15, -0.1) is 5.73 Å². The average molecular weight is 339 g/mol. The van der Waals surface area contributed by atoms with E-state index in [0.717, 1.165) is 42.2 Å². The van der Waals surface area contributed by atoms with Crippen LogP contribution in [0.3, 0.4) is 0 Å². The van der Waals surface area contributed by atoms with Gasteiger partial charge in [0.1, 0.15) is 17.3 Å². The molecule has 0 unspecified atom stereocenters. The average Bonchev–Trinajstić information content (AvgIpc) is 2.90. The fourth-order valence-corrected chi connectivity index (χ4v) is 2.89. The lowest BCUT2D eigenvalue weighted by atomic mass is 10.2. The van der Waals surface area contributed by atoms with Crippen LogP contribution in [-0.4, -0.2) is 18.6 Å². The summed E-state index contributed by atoms with van der Waals surface area (Å²) in [5.74, 6) is 1.26. The normalized spacial score (nSPS) is 14.4. The molecule has 25 heavy (non-hydrogen) atoms. The van der Waals surface area contributed by atoms with E-state index in [4.69, 9.17) is 4.42 Å². The van der Waals surface area contributed by atoms with Crippen LogP contribution in [0.25, 0.3) is 5.70 Å². The Morgan fingerprint density at radius 3 is 3.08 bits per heavy atom. The highest BCUT2D eigenvalue weighted by molar-refractivity contribution is 5.59. The molecule has 3 rings (SSSR count). The molecule has 1 N–H and O–H groups in total. The summed E-state index contributed by atoms with van der Waals surface area (Å²) >= 11 is 0. The third-order valence-electron chi connectivity index (χ3n) is 4.14. The van der Waals surface area contributed by atoms with Crippen molar-refractivity contribution in [3.63, 3.8) is 0 Å². The molecule has 1 aliphatic rings. The maximum absolute atomic E-state index is 13.5. The molecule has 2 heterocycles. The molecule has 130 valence electrons. The number of hydrogen-bond donors (Lipinski definition) is 1. The Hall–Kier alpha value is -2.78. The number of nitrogens with zero attached hydrogens (tertiary/aromatic N) is 2. The standard InChI is InChI=1S/C20H22FN3O/c1-3-4-5-10-17(22-2)20-23-18-14-24(12-7-11-19(18)25-20)16-9-6-8-15(21)13-16/h3,5-6,8-10,13,22H,7,11-12,14H2,1-2H3/b17-10-. The first-order valence-corrected chi connectivity index (χ1v) is 8.46. The number of allylic oxidation sites excluding steroid dienone is 2. The van der Waals surface area contributed by atoms with Crippen molar-refractivity contribution in [1.29, 1.82) is 0 Å². The topological polar surface area (TPSA) is 41.3 Å². The van der Waals surface area contributed by atoms with Crippen LogP contribution in [0.5, 0.6) is 0 Å². The molecule has 1 aromatic heterocycles. The van der Waals surface area contributed by atoms with Crippen LogP contribution in [0.15, 0.2) is 52.6 Å². The Morgan fingerprint density at radius 1 is 1.44 bits per heavy atom. The highest BCUT2D eigenvalue weighted by Crippen LogP contribution is 2.26. The number of fused-ring (bicyclic) bond motifs is 1. The minimum absolute atomic E-state index is 0.223. The summed E-state index contributed by atoms with van der Waals surface area (Å²) in [6.45, 7) is 3.38. The van der Waals surface area contributed by atoms with Crippen molar-refractivity contribution in [3.05, 3.63) is 71.4 Å². The summed E-state index contributed by atoms with van der Waals surface area (Å²) in [6.07, 6.45) is 7.31. The second-order valence-electron chi connectivity index (χ2n) is 5.85. The molecule has 0 fully saturated rings. The van der Waals surface area contributed by atoms with Gasteiger partial charge in [0.2, 0.25) is 5.89 Å². The van der Waals surface area contributed by atoms with Gasteiger partial charge in [0.25, 0.3) is 0 Å². The predicted molar refractivity (Wildman–Crippen MR) is 97.6 cm³/mol. The van der Waals surface area contributed by atoms with E-state index in [1.165, 1.54) is 6.07 Å². The van der Waals surface area contributed by atoms with Gasteiger partial charge in [-0.3, -0.25) is 0 Å². The van der Waals surface area contributed by atoms with Gasteiger partial charge in [-0.25, -0.2) is 9.37 Å². The first-order valence-electron chi connectivity index (χ1n) is 8.46. The van der Waals surface area contributed by atoms with Crippen molar-refractivity contribution in [2.75, 3.05) is 18.5 Å². The molecular formula is C20H22FN3O. The third-order valence-corrected chi connectivity index (χ3v) is 4.14. The van der Waals surface area contributed by atoms with Crippen molar-refractivity contribution in [2.24, 2.45) is 0 Å². The van der Waals surface area contributed by atoms with E-state index in [-0.39, 0.29) is 5.82 Å². The Morgan fingerprint density at radius 2 is 2.32 bits per heavy atom. The highest BCUT2D eigenvalue weighted by Gasteiger charge is 2.21. The Balaban J connectivity index is 1.88. The van der Waals surface area contributed by atoms with Crippen LogP contribution in [0.4, 0.5) is 10.1 Å². The summed E-state index contributed by atoms with van der Waals surface area (Å²) < 4.78 is 19.5. The van der Waals surface area contributed by atoms with Gasteiger partial charge in [-0.2, -0.15) is 0 Å². The Labute approximate surface area is 147 Å². The molecule has 0 atom stereocenters. The zero-order valence-corrected chi connectivity index (χ0v) is 14.6. The number of aromatic nitrogens is 1. The maximum Gasteiger partial charge on any atom is 0.243 e. The van der Waals surface area contributed by atoms with Crippen molar-refractivity contribution < 1.29 is 8.81 Å². The summed E-state index contributed by atoms with van der Waals surface area (Å²) in [6, 6.07) is 6.69. The molecule has 2 aromatic rings. The van der Waals surface area contributed by atoms with Crippen molar-refractivity contribution >= 4 is 11.4 Å². The Bertz CT molecular complexity index is 831. The molecule has 5 heteroatoms. The van der Waals surface area contributed by atoms with Crippen molar-refractivity contribution in [3.8, 4) is 0 Å². The molecule has 0 saturated carbocycles. The first-order chi connectivity index (χ1) is 12.2. The van der Waals surface area contributed by atoms with E-state index in [2.05, 4.69) is 20.9 Å². The van der Waals surface area contributed by atoms with Crippen molar-refractivity contribution in [1.82, 2.24) is 10.3 Å². The van der Waals surface area contributed by atoms with Gasteiger partial charge in [0.15, 0.2) is 0 Å². The number of anilines is 1.